The van der Waals surface area contributed by atoms with E-state index < -0.39 is 0 Å². The summed E-state index contributed by atoms with van der Waals surface area (Å²) >= 11 is 0. The predicted molar refractivity (Wildman–Crippen MR) is 251 cm³/mol. The molecule has 0 aliphatic heterocycles. The van der Waals surface area contributed by atoms with Crippen molar-refractivity contribution in [3.05, 3.63) is 211 Å². The second-order valence-corrected chi connectivity index (χ2v) is 16.6. The van der Waals surface area contributed by atoms with Crippen LogP contribution in [0.5, 0.6) is 0 Å². The lowest BCUT2D eigenvalue weighted by atomic mass is 9.81. The Kier molecular flexibility index (Phi) is 7.58. The fourth-order valence-corrected chi connectivity index (χ4v) is 9.89. The maximum Gasteiger partial charge on any atom is 0.235 e. The maximum atomic E-state index is 5.43. The summed E-state index contributed by atoms with van der Waals surface area (Å²) in [6.45, 7) is 4.69. The van der Waals surface area contributed by atoms with E-state index in [1.165, 1.54) is 66.1 Å². The van der Waals surface area contributed by atoms with E-state index in [9.17, 15) is 0 Å². The number of hydrogen-bond acceptors (Lipinski definition) is 2. The third-order valence-electron chi connectivity index (χ3n) is 12.8. The van der Waals surface area contributed by atoms with Gasteiger partial charge in [-0.1, -0.05) is 184 Å². The Balaban J connectivity index is 1.04. The van der Waals surface area contributed by atoms with Gasteiger partial charge in [0.05, 0.1) is 22.2 Å². The molecule has 3 nitrogen and oxygen atoms in total. The van der Waals surface area contributed by atoms with Gasteiger partial charge in [-0.25, -0.2) is 9.97 Å². The van der Waals surface area contributed by atoms with Crippen LogP contribution < -0.4 is 0 Å². The molecule has 11 aromatic rings. The van der Waals surface area contributed by atoms with Crippen LogP contribution in [0.4, 0.5) is 0 Å². The van der Waals surface area contributed by atoms with Gasteiger partial charge < -0.3 is 0 Å². The average molecular weight is 766 g/mol. The normalized spacial score (nSPS) is 13.0. The molecular formula is C57H39N3. The fourth-order valence-electron chi connectivity index (χ4n) is 9.89. The molecule has 3 heteroatoms. The Hall–Kier alpha value is -7.62. The highest BCUT2D eigenvalue weighted by atomic mass is 15.2. The van der Waals surface area contributed by atoms with Crippen molar-refractivity contribution in [3.63, 3.8) is 0 Å². The number of nitrogens with zero attached hydrogens (tertiary/aromatic N) is 3. The highest BCUT2D eigenvalue weighted by molar-refractivity contribution is 6.23. The zero-order valence-electron chi connectivity index (χ0n) is 33.4. The molecular weight excluding hydrogens is 727 g/mol. The van der Waals surface area contributed by atoms with Gasteiger partial charge in [0.25, 0.3) is 0 Å². The van der Waals surface area contributed by atoms with Gasteiger partial charge >= 0.3 is 0 Å². The molecule has 0 N–H and O–H groups in total. The number of benzene rings is 9. The van der Waals surface area contributed by atoms with Gasteiger partial charge in [0, 0.05) is 32.7 Å². The Morgan fingerprint density at radius 1 is 0.400 bits per heavy atom. The Morgan fingerprint density at radius 3 is 1.83 bits per heavy atom. The number of rotatable bonds is 5. The molecule has 2 heterocycles. The van der Waals surface area contributed by atoms with Crippen molar-refractivity contribution in [2.45, 2.75) is 19.3 Å². The second-order valence-electron chi connectivity index (χ2n) is 16.6. The van der Waals surface area contributed by atoms with Crippen LogP contribution in [0.25, 0.3) is 105 Å². The first-order valence-electron chi connectivity index (χ1n) is 20.7. The van der Waals surface area contributed by atoms with Crippen molar-refractivity contribution >= 4 is 43.5 Å². The average Bonchev–Trinajstić information content (AvgIpc) is 3.77. The molecule has 0 spiro atoms. The van der Waals surface area contributed by atoms with Crippen LogP contribution in [-0.4, -0.2) is 14.5 Å². The van der Waals surface area contributed by atoms with Gasteiger partial charge in [0.1, 0.15) is 0 Å². The molecule has 12 rings (SSSR count). The van der Waals surface area contributed by atoms with Crippen LogP contribution in [0.2, 0.25) is 0 Å². The smallest absolute Gasteiger partial charge is 0.235 e. The Labute approximate surface area is 348 Å². The summed E-state index contributed by atoms with van der Waals surface area (Å²) in [5, 5.41) is 5.82. The van der Waals surface area contributed by atoms with E-state index in [-0.39, 0.29) is 5.41 Å². The summed E-state index contributed by atoms with van der Waals surface area (Å²) < 4.78 is 2.30. The molecule has 0 fully saturated rings. The number of aromatic nitrogens is 3. The van der Waals surface area contributed by atoms with E-state index in [1.807, 2.05) is 0 Å². The summed E-state index contributed by atoms with van der Waals surface area (Å²) in [7, 11) is 0. The minimum atomic E-state index is -0.0509. The molecule has 0 atom stereocenters. The van der Waals surface area contributed by atoms with Crippen molar-refractivity contribution in [1.82, 2.24) is 14.5 Å². The molecule has 0 unspecified atom stereocenters. The summed E-state index contributed by atoms with van der Waals surface area (Å²) in [4.78, 5) is 10.7. The van der Waals surface area contributed by atoms with E-state index in [1.54, 1.807) is 0 Å². The van der Waals surface area contributed by atoms with Crippen LogP contribution in [0.15, 0.2) is 200 Å². The molecule has 9 aromatic carbocycles. The van der Waals surface area contributed by atoms with E-state index in [0.717, 1.165) is 44.3 Å². The van der Waals surface area contributed by atoms with Gasteiger partial charge in [-0.3, -0.25) is 4.57 Å². The van der Waals surface area contributed by atoms with Crippen molar-refractivity contribution in [2.24, 2.45) is 0 Å². The zero-order valence-corrected chi connectivity index (χ0v) is 33.4. The number of para-hydroxylation sites is 2. The maximum absolute atomic E-state index is 5.43. The van der Waals surface area contributed by atoms with Crippen LogP contribution in [0.3, 0.4) is 0 Å². The number of hydrogen-bond donors (Lipinski definition) is 0. The van der Waals surface area contributed by atoms with Crippen LogP contribution in [0.1, 0.15) is 25.0 Å². The first-order chi connectivity index (χ1) is 29.5. The lowest BCUT2D eigenvalue weighted by Crippen LogP contribution is -2.14. The largest absolute Gasteiger partial charge is 0.277 e. The molecule has 282 valence electrons. The van der Waals surface area contributed by atoms with Crippen molar-refractivity contribution in [3.8, 4) is 61.7 Å². The highest BCUT2D eigenvalue weighted by Crippen LogP contribution is 2.50. The summed E-state index contributed by atoms with van der Waals surface area (Å²) in [5.74, 6) is 0.653. The van der Waals surface area contributed by atoms with E-state index in [4.69, 9.17) is 9.97 Å². The third kappa shape index (κ3) is 5.22. The molecule has 0 radical (unpaired) electrons. The van der Waals surface area contributed by atoms with E-state index in [0.29, 0.717) is 5.95 Å². The van der Waals surface area contributed by atoms with E-state index in [2.05, 4.69) is 219 Å². The van der Waals surface area contributed by atoms with Crippen LogP contribution in [-0.2, 0) is 5.41 Å². The summed E-state index contributed by atoms with van der Waals surface area (Å²) in [5.41, 5.74) is 17.5. The summed E-state index contributed by atoms with van der Waals surface area (Å²) in [6.07, 6.45) is 0. The lowest BCUT2D eigenvalue weighted by Gasteiger charge is -2.22. The summed E-state index contributed by atoms with van der Waals surface area (Å²) in [6, 6.07) is 72.5. The molecule has 2 aromatic heterocycles. The molecule has 60 heavy (non-hydrogen) atoms. The third-order valence-corrected chi connectivity index (χ3v) is 12.8. The lowest BCUT2D eigenvalue weighted by molar-refractivity contribution is 0.660. The molecule has 0 amide bonds. The van der Waals surface area contributed by atoms with Gasteiger partial charge in [-0.05, 0) is 91.2 Å². The van der Waals surface area contributed by atoms with Gasteiger partial charge in [0.15, 0.2) is 0 Å². The monoisotopic (exact) mass is 765 g/mol. The standard InChI is InChI=1S/C57H39N3/c1-57(2)49-27-10-8-23-45(49)46-31-29-41(35-50(46)57)39-19-12-18-38(33-39)40-20-13-21-42(34-40)44-25-14-26-48-53-43-22-7-6-15-36(43)30-32-52(53)60(55(44)48)56-58-51-28-11-9-24-47(51)54(59-56)37-16-4-3-5-17-37/h3-35H,1-2H3. The Morgan fingerprint density at radius 2 is 1.00 bits per heavy atom. The van der Waals surface area contributed by atoms with Crippen molar-refractivity contribution in [1.29, 1.82) is 0 Å². The van der Waals surface area contributed by atoms with E-state index >= 15 is 0 Å². The first-order valence-corrected chi connectivity index (χ1v) is 20.7. The minimum Gasteiger partial charge on any atom is -0.277 e. The molecule has 0 bridgehead atoms. The van der Waals surface area contributed by atoms with Crippen molar-refractivity contribution < 1.29 is 0 Å². The molecule has 0 saturated heterocycles. The van der Waals surface area contributed by atoms with Crippen LogP contribution >= 0.6 is 0 Å². The topological polar surface area (TPSA) is 30.7 Å². The van der Waals surface area contributed by atoms with Crippen LogP contribution in [0, 0.1) is 0 Å². The Bertz CT molecular complexity index is 3520. The van der Waals surface area contributed by atoms with Gasteiger partial charge in [-0.2, -0.15) is 0 Å². The first kappa shape index (κ1) is 34.4. The molecule has 1 aliphatic carbocycles. The second kappa shape index (κ2) is 13.2. The van der Waals surface area contributed by atoms with Crippen molar-refractivity contribution in [2.75, 3.05) is 0 Å². The minimum absolute atomic E-state index is 0.0509. The quantitative estimate of drug-likeness (QED) is 0.175. The predicted octanol–water partition coefficient (Wildman–Crippen LogP) is 14.9. The molecule has 1 aliphatic rings. The number of fused-ring (bicyclic) bond motifs is 9. The molecule has 0 saturated carbocycles. The zero-order chi connectivity index (χ0) is 40.0. The highest BCUT2D eigenvalue weighted by Gasteiger charge is 2.35. The SMILES string of the molecule is CC1(C)c2ccccc2-c2ccc(-c3cccc(-c4cccc(-c5cccc6c7c8ccccc8ccc7n(-c7nc(-c8ccccc8)c8ccccc8n7)c56)c4)c3)cc21. The van der Waals surface area contributed by atoms with Gasteiger partial charge in [0.2, 0.25) is 5.95 Å². The fraction of sp³-hybridized carbons (Fsp3) is 0.0526. The van der Waals surface area contributed by atoms with Gasteiger partial charge in [-0.15, -0.1) is 0 Å².